The van der Waals surface area contributed by atoms with Crippen molar-refractivity contribution >= 4 is 21.8 Å². The summed E-state index contributed by atoms with van der Waals surface area (Å²) in [7, 11) is 0. The topological polar surface area (TPSA) is 49.3 Å². The number of carbonyl (C=O) groups excluding carboxylic acids is 1. The van der Waals surface area contributed by atoms with E-state index >= 15 is 0 Å². The van der Waals surface area contributed by atoms with Gasteiger partial charge in [0.15, 0.2) is 0 Å². The molecule has 1 rings (SSSR count). The smallest absolute Gasteiger partial charge is 0.220 e. The van der Waals surface area contributed by atoms with Crippen LogP contribution < -0.4 is 5.32 Å². The minimum absolute atomic E-state index is 0.0212. The van der Waals surface area contributed by atoms with E-state index in [0.717, 1.165) is 16.5 Å². The standard InChI is InChI=1S/C13H18BrNO2/c1-9-7-11(3-5-12(9)14)4-6-13(17)15-10(2)8-16/h3,5,7,10,16H,4,6,8H2,1-2H3,(H,15,17). The molecule has 1 unspecified atom stereocenters. The number of amides is 1. The molecule has 0 saturated carbocycles. The van der Waals surface area contributed by atoms with Crippen LogP contribution in [0.25, 0.3) is 0 Å². The van der Waals surface area contributed by atoms with Gasteiger partial charge in [-0.15, -0.1) is 0 Å². The molecule has 1 aromatic rings. The second kappa shape index (κ2) is 6.77. The van der Waals surface area contributed by atoms with Gasteiger partial charge in [-0.25, -0.2) is 0 Å². The fraction of sp³-hybridized carbons (Fsp3) is 0.462. The second-order valence-corrected chi connectivity index (χ2v) is 5.09. The zero-order valence-corrected chi connectivity index (χ0v) is 11.8. The van der Waals surface area contributed by atoms with Crippen molar-refractivity contribution < 1.29 is 9.90 Å². The molecular formula is C13H18BrNO2. The van der Waals surface area contributed by atoms with Crippen LogP contribution in [0, 0.1) is 6.92 Å². The van der Waals surface area contributed by atoms with Crippen LogP contribution in [0.2, 0.25) is 0 Å². The molecule has 0 aromatic heterocycles. The molecule has 94 valence electrons. The molecule has 17 heavy (non-hydrogen) atoms. The first-order valence-electron chi connectivity index (χ1n) is 5.68. The summed E-state index contributed by atoms with van der Waals surface area (Å²) in [4.78, 5) is 11.5. The van der Waals surface area contributed by atoms with Crippen molar-refractivity contribution in [2.45, 2.75) is 32.7 Å². The van der Waals surface area contributed by atoms with Crippen molar-refractivity contribution in [3.05, 3.63) is 33.8 Å². The van der Waals surface area contributed by atoms with E-state index in [0.29, 0.717) is 6.42 Å². The molecule has 0 aliphatic heterocycles. The van der Waals surface area contributed by atoms with Crippen LogP contribution in [0.4, 0.5) is 0 Å². The lowest BCUT2D eigenvalue weighted by atomic mass is 10.1. The number of halogens is 1. The zero-order valence-electron chi connectivity index (χ0n) is 10.2. The Morgan fingerprint density at radius 2 is 2.24 bits per heavy atom. The maximum Gasteiger partial charge on any atom is 0.220 e. The maximum absolute atomic E-state index is 11.5. The van der Waals surface area contributed by atoms with E-state index in [4.69, 9.17) is 5.11 Å². The van der Waals surface area contributed by atoms with Crippen molar-refractivity contribution in [3.63, 3.8) is 0 Å². The van der Waals surface area contributed by atoms with Gasteiger partial charge in [-0.2, -0.15) is 0 Å². The Labute approximate surface area is 110 Å². The Bertz CT molecular complexity index is 393. The van der Waals surface area contributed by atoms with Crippen LogP contribution in [0.5, 0.6) is 0 Å². The van der Waals surface area contributed by atoms with Gasteiger partial charge < -0.3 is 10.4 Å². The third-order valence-corrected chi connectivity index (χ3v) is 3.43. The van der Waals surface area contributed by atoms with Gasteiger partial charge in [0, 0.05) is 16.9 Å². The summed E-state index contributed by atoms with van der Waals surface area (Å²) in [6.07, 6.45) is 1.17. The molecular weight excluding hydrogens is 282 g/mol. The number of aryl methyl sites for hydroxylation is 2. The fourth-order valence-corrected chi connectivity index (χ4v) is 1.76. The predicted octanol–water partition coefficient (Wildman–Crippen LogP) is 2.19. The number of aliphatic hydroxyl groups excluding tert-OH is 1. The minimum atomic E-state index is -0.172. The van der Waals surface area contributed by atoms with Crippen molar-refractivity contribution in [2.24, 2.45) is 0 Å². The highest BCUT2D eigenvalue weighted by molar-refractivity contribution is 9.10. The lowest BCUT2D eigenvalue weighted by molar-refractivity contribution is -0.121. The van der Waals surface area contributed by atoms with E-state index in [9.17, 15) is 4.79 Å². The number of aliphatic hydroxyl groups is 1. The molecule has 0 aliphatic rings. The highest BCUT2D eigenvalue weighted by atomic mass is 79.9. The summed E-state index contributed by atoms with van der Waals surface area (Å²) in [5.74, 6) is -0.0212. The Morgan fingerprint density at radius 1 is 1.53 bits per heavy atom. The highest BCUT2D eigenvalue weighted by Gasteiger charge is 2.06. The predicted molar refractivity (Wildman–Crippen MR) is 71.9 cm³/mol. The van der Waals surface area contributed by atoms with E-state index in [1.54, 1.807) is 6.92 Å². The van der Waals surface area contributed by atoms with E-state index in [-0.39, 0.29) is 18.6 Å². The first kappa shape index (κ1) is 14.2. The fourth-order valence-electron chi connectivity index (χ4n) is 1.51. The molecule has 0 fully saturated rings. The number of carbonyl (C=O) groups is 1. The molecule has 0 bridgehead atoms. The SMILES string of the molecule is Cc1cc(CCC(=O)NC(C)CO)ccc1Br. The van der Waals surface area contributed by atoms with Gasteiger partial charge >= 0.3 is 0 Å². The summed E-state index contributed by atoms with van der Waals surface area (Å²) < 4.78 is 1.08. The normalized spacial score (nSPS) is 12.2. The average Bonchev–Trinajstić information content (AvgIpc) is 2.30. The van der Waals surface area contributed by atoms with Crippen LogP contribution >= 0.6 is 15.9 Å². The van der Waals surface area contributed by atoms with Crippen LogP contribution in [0.3, 0.4) is 0 Å². The van der Waals surface area contributed by atoms with Crippen LogP contribution in [0.1, 0.15) is 24.5 Å². The van der Waals surface area contributed by atoms with E-state index < -0.39 is 0 Å². The molecule has 3 nitrogen and oxygen atoms in total. The van der Waals surface area contributed by atoms with Crippen molar-refractivity contribution in [2.75, 3.05) is 6.61 Å². The number of nitrogens with one attached hydrogen (secondary N) is 1. The van der Waals surface area contributed by atoms with Crippen LogP contribution in [0.15, 0.2) is 22.7 Å². The number of benzene rings is 1. The Hall–Kier alpha value is -0.870. The summed E-state index contributed by atoms with van der Waals surface area (Å²) in [6, 6.07) is 5.92. The van der Waals surface area contributed by atoms with Gasteiger partial charge in [0.2, 0.25) is 5.91 Å². The first-order chi connectivity index (χ1) is 8.02. The molecule has 1 amide bonds. The summed E-state index contributed by atoms with van der Waals surface area (Å²) in [5, 5.41) is 11.5. The van der Waals surface area contributed by atoms with E-state index in [1.807, 2.05) is 19.1 Å². The number of hydrogen-bond acceptors (Lipinski definition) is 2. The third kappa shape index (κ3) is 4.88. The molecule has 0 aliphatic carbocycles. The lowest BCUT2D eigenvalue weighted by Gasteiger charge is -2.10. The Kier molecular flexibility index (Phi) is 5.65. The molecule has 4 heteroatoms. The van der Waals surface area contributed by atoms with Crippen molar-refractivity contribution in [3.8, 4) is 0 Å². The zero-order chi connectivity index (χ0) is 12.8. The molecule has 0 heterocycles. The first-order valence-corrected chi connectivity index (χ1v) is 6.47. The molecule has 0 saturated heterocycles. The molecule has 2 N–H and O–H groups in total. The second-order valence-electron chi connectivity index (χ2n) is 4.23. The lowest BCUT2D eigenvalue weighted by Crippen LogP contribution is -2.35. The van der Waals surface area contributed by atoms with Gasteiger partial charge in [-0.1, -0.05) is 28.1 Å². The molecule has 0 radical (unpaired) electrons. The molecule has 1 atom stereocenters. The Balaban J connectivity index is 2.45. The largest absolute Gasteiger partial charge is 0.394 e. The summed E-state index contributed by atoms with van der Waals surface area (Å²) in [6.45, 7) is 3.78. The molecule has 1 aromatic carbocycles. The van der Waals surface area contributed by atoms with Crippen LogP contribution in [-0.2, 0) is 11.2 Å². The third-order valence-electron chi connectivity index (χ3n) is 2.54. The van der Waals surface area contributed by atoms with E-state index in [1.165, 1.54) is 5.56 Å². The van der Waals surface area contributed by atoms with Gasteiger partial charge in [-0.05, 0) is 37.5 Å². The monoisotopic (exact) mass is 299 g/mol. The highest BCUT2D eigenvalue weighted by Crippen LogP contribution is 2.17. The van der Waals surface area contributed by atoms with Gasteiger partial charge in [0.05, 0.1) is 6.61 Å². The maximum atomic E-state index is 11.5. The number of hydrogen-bond donors (Lipinski definition) is 2. The average molecular weight is 300 g/mol. The molecule has 0 spiro atoms. The van der Waals surface area contributed by atoms with Gasteiger partial charge in [0.1, 0.15) is 0 Å². The van der Waals surface area contributed by atoms with Crippen LogP contribution in [-0.4, -0.2) is 23.7 Å². The summed E-state index contributed by atoms with van der Waals surface area (Å²) >= 11 is 3.44. The van der Waals surface area contributed by atoms with Crippen molar-refractivity contribution in [1.82, 2.24) is 5.32 Å². The van der Waals surface area contributed by atoms with Gasteiger partial charge in [0.25, 0.3) is 0 Å². The summed E-state index contributed by atoms with van der Waals surface area (Å²) in [5.41, 5.74) is 2.32. The number of rotatable bonds is 5. The quantitative estimate of drug-likeness (QED) is 0.876. The van der Waals surface area contributed by atoms with Gasteiger partial charge in [-0.3, -0.25) is 4.79 Å². The van der Waals surface area contributed by atoms with E-state index in [2.05, 4.69) is 27.3 Å². The Morgan fingerprint density at radius 3 is 2.82 bits per heavy atom. The van der Waals surface area contributed by atoms with Crippen molar-refractivity contribution in [1.29, 1.82) is 0 Å². The minimum Gasteiger partial charge on any atom is -0.394 e.